The average Bonchev–Trinajstić information content (AvgIpc) is 3.26. The highest BCUT2D eigenvalue weighted by atomic mass is 16.5. The van der Waals surface area contributed by atoms with Crippen LogP contribution in [-0.2, 0) is 0 Å². The van der Waals surface area contributed by atoms with Crippen LogP contribution in [-0.4, -0.2) is 31.7 Å². The van der Waals surface area contributed by atoms with Crippen LogP contribution in [0.5, 0.6) is 5.75 Å². The number of carbonyl (C=O) groups excluding carboxylic acids is 1. The van der Waals surface area contributed by atoms with E-state index >= 15 is 0 Å². The molecule has 0 unspecified atom stereocenters. The van der Waals surface area contributed by atoms with Crippen molar-refractivity contribution >= 4 is 17.4 Å². The van der Waals surface area contributed by atoms with E-state index in [0.29, 0.717) is 28.9 Å². The summed E-state index contributed by atoms with van der Waals surface area (Å²) in [4.78, 5) is 15.8. The molecular formula is C20H20N6O3. The molecule has 9 nitrogen and oxygen atoms in total. The predicted molar refractivity (Wildman–Crippen MR) is 108 cm³/mol. The number of anilines is 1. The molecule has 4 aromatic rings. The number of hydrogen-bond donors (Lipinski definition) is 2. The lowest BCUT2D eigenvalue weighted by Gasteiger charge is -2.13. The number of hydrogen-bond acceptors (Lipinski definition) is 6. The molecule has 0 saturated heterocycles. The maximum atomic E-state index is 11.3. The van der Waals surface area contributed by atoms with Crippen LogP contribution in [0.1, 0.15) is 19.7 Å². The van der Waals surface area contributed by atoms with Crippen molar-refractivity contribution in [1.29, 1.82) is 0 Å². The Kier molecular flexibility index (Phi) is 4.63. The van der Waals surface area contributed by atoms with E-state index in [9.17, 15) is 4.79 Å². The van der Waals surface area contributed by atoms with Crippen LogP contribution >= 0.6 is 0 Å². The number of fused-ring (bicyclic) bond motifs is 1. The maximum Gasteiger partial charge on any atom is 0.316 e. The molecule has 3 aromatic heterocycles. The smallest absolute Gasteiger partial charge is 0.316 e. The Labute approximate surface area is 166 Å². The van der Waals surface area contributed by atoms with Crippen LogP contribution in [0.3, 0.4) is 0 Å². The summed E-state index contributed by atoms with van der Waals surface area (Å²) in [5.74, 6) is 1.56. The number of imidazole rings is 1. The number of pyridine rings is 1. The molecule has 0 bridgehead atoms. The summed E-state index contributed by atoms with van der Waals surface area (Å²) in [6.45, 7) is 5.61. The Balaban J connectivity index is 1.78. The van der Waals surface area contributed by atoms with Crippen molar-refractivity contribution in [2.45, 2.75) is 26.9 Å². The molecule has 0 aliphatic carbocycles. The molecule has 29 heavy (non-hydrogen) atoms. The van der Waals surface area contributed by atoms with Crippen molar-refractivity contribution in [3.8, 4) is 28.5 Å². The Morgan fingerprint density at radius 2 is 2.03 bits per heavy atom. The second-order valence-electron chi connectivity index (χ2n) is 6.82. The van der Waals surface area contributed by atoms with E-state index in [2.05, 4.69) is 20.5 Å². The molecule has 0 aliphatic heterocycles. The topological polar surface area (TPSA) is 121 Å². The number of ether oxygens (including phenoxy) is 1. The van der Waals surface area contributed by atoms with Gasteiger partial charge in [0.1, 0.15) is 11.4 Å². The van der Waals surface area contributed by atoms with Crippen LogP contribution in [0.2, 0.25) is 0 Å². The quantitative estimate of drug-likeness (QED) is 0.535. The van der Waals surface area contributed by atoms with Gasteiger partial charge < -0.3 is 20.2 Å². The van der Waals surface area contributed by atoms with E-state index in [-0.39, 0.29) is 6.10 Å². The molecule has 0 radical (unpaired) electrons. The number of nitrogens with one attached hydrogen (secondary N) is 1. The number of carbonyl (C=O) groups is 1. The zero-order valence-electron chi connectivity index (χ0n) is 16.2. The number of primary amides is 1. The lowest BCUT2D eigenvalue weighted by molar-refractivity contribution is 0.242. The molecule has 0 fully saturated rings. The Morgan fingerprint density at radius 1 is 1.21 bits per heavy atom. The third-order valence-electron chi connectivity index (χ3n) is 4.13. The van der Waals surface area contributed by atoms with E-state index in [4.69, 9.17) is 14.9 Å². The van der Waals surface area contributed by atoms with Crippen molar-refractivity contribution < 1.29 is 13.9 Å². The summed E-state index contributed by atoms with van der Waals surface area (Å²) in [7, 11) is 0. The second kappa shape index (κ2) is 7.27. The van der Waals surface area contributed by atoms with Gasteiger partial charge in [-0.2, -0.15) is 0 Å². The van der Waals surface area contributed by atoms with Crippen molar-refractivity contribution in [1.82, 2.24) is 19.6 Å². The number of amides is 2. The molecule has 2 amide bonds. The van der Waals surface area contributed by atoms with E-state index < -0.39 is 6.03 Å². The number of aryl methyl sites for hydroxylation is 1. The second-order valence-corrected chi connectivity index (χ2v) is 6.82. The summed E-state index contributed by atoms with van der Waals surface area (Å²) < 4.78 is 13.2. The highest BCUT2D eigenvalue weighted by Gasteiger charge is 2.13. The molecule has 0 aliphatic rings. The molecule has 0 spiro atoms. The minimum atomic E-state index is -0.643. The molecule has 0 saturated carbocycles. The van der Waals surface area contributed by atoms with Crippen molar-refractivity contribution in [2.24, 2.45) is 5.73 Å². The lowest BCUT2D eigenvalue weighted by atomic mass is 10.1. The van der Waals surface area contributed by atoms with Crippen LogP contribution in [0, 0.1) is 6.92 Å². The number of aromatic nitrogens is 4. The lowest BCUT2D eigenvalue weighted by Crippen LogP contribution is -2.19. The number of nitrogens with two attached hydrogens (primary N) is 1. The Hall–Kier alpha value is -3.88. The van der Waals surface area contributed by atoms with E-state index in [1.54, 1.807) is 19.2 Å². The van der Waals surface area contributed by atoms with Gasteiger partial charge in [-0.25, -0.2) is 9.78 Å². The maximum absolute atomic E-state index is 11.3. The van der Waals surface area contributed by atoms with E-state index in [0.717, 1.165) is 16.8 Å². The van der Waals surface area contributed by atoms with Gasteiger partial charge in [0.15, 0.2) is 0 Å². The third kappa shape index (κ3) is 3.88. The fourth-order valence-electron chi connectivity index (χ4n) is 3.04. The summed E-state index contributed by atoms with van der Waals surface area (Å²) in [6.07, 6.45) is 3.61. The molecular weight excluding hydrogens is 372 g/mol. The fourth-order valence-corrected chi connectivity index (χ4v) is 3.04. The third-order valence-corrected chi connectivity index (χ3v) is 4.13. The monoisotopic (exact) mass is 392 g/mol. The summed E-state index contributed by atoms with van der Waals surface area (Å²) >= 11 is 0. The Bertz CT molecular complexity index is 1190. The van der Waals surface area contributed by atoms with Gasteiger partial charge in [-0.15, -0.1) is 10.2 Å². The SMILES string of the molecule is Cc1nnc(-c2ccn3c(-c4cc(NC(N)=O)cc(OC(C)C)c4)cnc3c2)o1. The Morgan fingerprint density at radius 3 is 2.72 bits per heavy atom. The molecule has 4 rings (SSSR count). The van der Waals surface area contributed by atoms with Gasteiger partial charge in [0.2, 0.25) is 11.8 Å². The molecule has 3 N–H and O–H groups in total. The fraction of sp³-hybridized carbons (Fsp3) is 0.200. The largest absolute Gasteiger partial charge is 0.491 e. The number of nitrogens with zero attached hydrogens (tertiary/aromatic N) is 4. The minimum absolute atomic E-state index is 0.0192. The van der Waals surface area contributed by atoms with Crippen LogP contribution in [0.4, 0.5) is 10.5 Å². The number of benzene rings is 1. The number of rotatable bonds is 5. The van der Waals surface area contributed by atoms with Crippen molar-refractivity contribution in [2.75, 3.05) is 5.32 Å². The molecule has 0 atom stereocenters. The zero-order valence-corrected chi connectivity index (χ0v) is 16.2. The van der Waals surface area contributed by atoms with Gasteiger partial charge in [0, 0.05) is 36.0 Å². The van der Waals surface area contributed by atoms with E-state index in [1.165, 1.54) is 0 Å². The van der Waals surface area contributed by atoms with Crippen molar-refractivity contribution in [3.05, 3.63) is 48.6 Å². The summed E-state index contributed by atoms with van der Waals surface area (Å²) in [6, 6.07) is 8.54. The minimum Gasteiger partial charge on any atom is -0.491 e. The molecule has 9 heteroatoms. The van der Waals surface area contributed by atoms with Crippen LogP contribution < -0.4 is 15.8 Å². The standard InChI is InChI=1S/C20H20N6O3/c1-11(2)28-16-7-14(6-15(9-16)23-20(21)27)17-10-22-18-8-13(4-5-26(17)18)19-25-24-12(3)29-19/h4-11H,1-3H3,(H3,21,23,27). The van der Waals surface area contributed by atoms with Gasteiger partial charge in [0.05, 0.1) is 18.0 Å². The highest BCUT2D eigenvalue weighted by Crippen LogP contribution is 2.31. The van der Waals surface area contributed by atoms with Gasteiger partial charge in [-0.1, -0.05) is 0 Å². The van der Waals surface area contributed by atoms with Gasteiger partial charge in [-0.3, -0.25) is 4.40 Å². The molecule has 148 valence electrons. The zero-order chi connectivity index (χ0) is 20.5. The first-order valence-corrected chi connectivity index (χ1v) is 9.05. The first-order valence-electron chi connectivity index (χ1n) is 9.05. The van der Waals surface area contributed by atoms with Gasteiger partial charge in [0.25, 0.3) is 0 Å². The molecule has 1 aromatic carbocycles. The predicted octanol–water partition coefficient (Wildman–Crippen LogP) is 3.64. The van der Waals surface area contributed by atoms with E-state index in [1.807, 2.05) is 48.7 Å². The first-order chi connectivity index (χ1) is 13.9. The summed E-state index contributed by atoms with van der Waals surface area (Å²) in [5, 5.41) is 10.5. The molecule has 3 heterocycles. The van der Waals surface area contributed by atoms with Crippen LogP contribution in [0.15, 0.2) is 47.1 Å². The first kappa shape index (κ1) is 18.5. The average molecular weight is 392 g/mol. The van der Waals surface area contributed by atoms with Gasteiger partial charge >= 0.3 is 6.03 Å². The normalized spacial score (nSPS) is 11.2. The highest BCUT2D eigenvalue weighted by molar-refractivity contribution is 5.89. The summed E-state index contributed by atoms with van der Waals surface area (Å²) in [5.41, 5.74) is 8.97. The van der Waals surface area contributed by atoms with Crippen molar-refractivity contribution in [3.63, 3.8) is 0 Å². The van der Waals surface area contributed by atoms with Gasteiger partial charge in [-0.05, 0) is 38.1 Å². The van der Waals surface area contributed by atoms with Crippen LogP contribution in [0.25, 0.3) is 28.4 Å². The number of urea groups is 1.